The standard InChI is InChI=1S/C18H34N4O4/c1-19-13-17(5-9-21(3)10-6-17)25-15(23)16(24)26-18(14-20-2)7-11-22(4)12-8-18/h19-20H,5-14H2,1-4H3. The van der Waals surface area contributed by atoms with Gasteiger partial charge in [0.15, 0.2) is 0 Å². The molecule has 0 aromatic rings. The van der Waals surface area contributed by atoms with Crippen LogP contribution in [0.3, 0.4) is 0 Å². The van der Waals surface area contributed by atoms with Gasteiger partial charge in [0.25, 0.3) is 0 Å². The number of carbonyl (C=O) groups excluding carboxylic acids is 2. The number of nitrogens with zero attached hydrogens (tertiary/aromatic N) is 2. The first kappa shape index (κ1) is 21.1. The molecule has 0 unspecified atom stereocenters. The number of rotatable bonds is 6. The lowest BCUT2D eigenvalue weighted by Crippen LogP contribution is -2.54. The smallest absolute Gasteiger partial charge is 0.418 e. The molecule has 150 valence electrons. The number of esters is 2. The van der Waals surface area contributed by atoms with Crippen molar-refractivity contribution in [1.29, 1.82) is 0 Å². The van der Waals surface area contributed by atoms with Crippen LogP contribution in [0.15, 0.2) is 0 Å². The Morgan fingerprint density at radius 3 is 1.35 bits per heavy atom. The fourth-order valence-electron chi connectivity index (χ4n) is 3.80. The van der Waals surface area contributed by atoms with Gasteiger partial charge in [-0.1, -0.05) is 0 Å². The van der Waals surface area contributed by atoms with Crippen molar-refractivity contribution in [2.45, 2.75) is 36.9 Å². The molecule has 0 aromatic carbocycles. The molecule has 0 spiro atoms. The summed E-state index contributed by atoms with van der Waals surface area (Å²) < 4.78 is 11.4. The predicted octanol–water partition coefficient (Wildman–Crippen LogP) is -0.560. The topological polar surface area (TPSA) is 83.1 Å². The number of piperidine rings is 2. The maximum absolute atomic E-state index is 12.5. The Morgan fingerprint density at radius 2 is 1.08 bits per heavy atom. The average molecular weight is 370 g/mol. The van der Waals surface area contributed by atoms with Crippen molar-refractivity contribution in [3.05, 3.63) is 0 Å². The molecular weight excluding hydrogens is 336 g/mol. The van der Waals surface area contributed by atoms with Crippen LogP contribution in [-0.4, -0.2) is 100 Å². The van der Waals surface area contributed by atoms with Crippen molar-refractivity contribution in [3.8, 4) is 0 Å². The lowest BCUT2D eigenvalue weighted by molar-refractivity contribution is -0.190. The number of carbonyl (C=O) groups is 2. The number of likely N-dealkylation sites (N-methyl/N-ethyl adjacent to an activating group) is 2. The highest BCUT2D eigenvalue weighted by atomic mass is 16.6. The Balaban J connectivity index is 1.99. The minimum absolute atomic E-state index is 0.534. The zero-order chi connectivity index (χ0) is 19.2. The molecule has 8 nitrogen and oxygen atoms in total. The SMILES string of the molecule is CNCC1(OC(=O)C(=O)OC2(CNC)CCN(C)CC2)CCN(C)CC1. The first-order valence-electron chi connectivity index (χ1n) is 9.46. The summed E-state index contributed by atoms with van der Waals surface area (Å²) in [6, 6.07) is 0. The number of hydrogen-bond acceptors (Lipinski definition) is 8. The van der Waals surface area contributed by atoms with E-state index in [4.69, 9.17) is 9.47 Å². The quantitative estimate of drug-likeness (QED) is 0.476. The number of hydrogen-bond donors (Lipinski definition) is 2. The molecule has 8 heteroatoms. The molecule has 0 aromatic heterocycles. The summed E-state index contributed by atoms with van der Waals surface area (Å²) >= 11 is 0. The monoisotopic (exact) mass is 370 g/mol. The number of likely N-dealkylation sites (tertiary alicyclic amines) is 2. The third-order valence-corrected chi connectivity index (χ3v) is 5.58. The zero-order valence-corrected chi connectivity index (χ0v) is 16.6. The first-order chi connectivity index (χ1) is 12.3. The van der Waals surface area contributed by atoms with Crippen LogP contribution in [0.2, 0.25) is 0 Å². The summed E-state index contributed by atoms with van der Waals surface area (Å²) in [5.41, 5.74) is -1.28. The van der Waals surface area contributed by atoms with Gasteiger partial charge in [-0.15, -0.1) is 0 Å². The molecule has 0 bridgehead atoms. The highest BCUT2D eigenvalue weighted by Gasteiger charge is 2.42. The second-order valence-corrected chi connectivity index (χ2v) is 7.81. The van der Waals surface area contributed by atoms with Crippen LogP contribution in [-0.2, 0) is 19.1 Å². The van der Waals surface area contributed by atoms with Gasteiger partial charge in [0.1, 0.15) is 11.2 Å². The van der Waals surface area contributed by atoms with Crippen LogP contribution in [0.4, 0.5) is 0 Å². The third kappa shape index (κ3) is 5.39. The van der Waals surface area contributed by atoms with E-state index in [0.29, 0.717) is 38.8 Å². The fourth-order valence-corrected chi connectivity index (χ4v) is 3.80. The molecule has 26 heavy (non-hydrogen) atoms. The number of nitrogens with one attached hydrogen (secondary N) is 2. The van der Waals surface area contributed by atoms with E-state index in [0.717, 1.165) is 26.2 Å². The van der Waals surface area contributed by atoms with Gasteiger partial charge in [0, 0.05) is 65.0 Å². The van der Waals surface area contributed by atoms with E-state index in [-0.39, 0.29) is 0 Å². The normalized spacial score (nSPS) is 23.4. The zero-order valence-electron chi connectivity index (χ0n) is 16.6. The third-order valence-electron chi connectivity index (χ3n) is 5.58. The molecule has 0 aliphatic carbocycles. The summed E-state index contributed by atoms with van der Waals surface area (Å²) in [5.74, 6) is -1.75. The van der Waals surface area contributed by atoms with Crippen molar-refractivity contribution < 1.29 is 19.1 Å². The minimum atomic E-state index is -0.876. The lowest BCUT2D eigenvalue weighted by Gasteiger charge is -2.41. The Hall–Kier alpha value is -1.22. The average Bonchev–Trinajstić information content (AvgIpc) is 2.61. The van der Waals surface area contributed by atoms with E-state index in [1.165, 1.54) is 0 Å². The van der Waals surface area contributed by atoms with E-state index >= 15 is 0 Å². The molecule has 2 rings (SSSR count). The van der Waals surface area contributed by atoms with E-state index in [2.05, 4.69) is 20.4 Å². The van der Waals surface area contributed by atoms with E-state index in [1.54, 1.807) is 0 Å². The Morgan fingerprint density at radius 1 is 0.769 bits per heavy atom. The van der Waals surface area contributed by atoms with Crippen molar-refractivity contribution in [2.24, 2.45) is 0 Å². The Labute approximate surface area is 156 Å². The van der Waals surface area contributed by atoms with Crippen molar-refractivity contribution >= 4 is 11.9 Å². The van der Waals surface area contributed by atoms with Crippen LogP contribution >= 0.6 is 0 Å². The first-order valence-corrected chi connectivity index (χ1v) is 9.46. The predicted molar refractivity (Wildman–Crippen MR) is 99.0 cm³/mol. The van der Waals surface area contributed by atoms with Gasteiger partial charge in [0.05, 0.1) is 0 Å². The van der Waals surface area contributed by atoms with Crippen LogP contribution in [0.5, 0.6) is 0 Å². The highest BCUT2D eigenvalue weighted by molar-refractivity contribution is 6.29. The van der Waals surface area contributed by atoms with Crippen molar-refractivity contribution in [3.63, 3.8) is 0 Å². The minimum Gasteiger partial charge on any atom is -0.449 e. The second-order valence-electron chi connectivity index (χ2n) is 7.81. The molecule has 0 atom stereocenters. The highest BCUT2D eigenvalue weighted by Crippen LogP contribution is 2.28. The molecule has 2 heterocycles. The molecular formula is C18H34N4O4. The molecule has 2 aliphatic rings. The number of ether oxygens (including phenoxy) is 2. The van der Waals surface area contributed by atoms with Gasteiger partial charge in [0.2, 0.25) is 0 Å². The molecule has 0 amide bonds. The second kappa shape index (κ2) is 9.12. The Bertz CT molecular complexity index is 440. The van der Waals surface area contributed by atoms with Crippen LogP contribution < -0.4 is 10.6 Å². The fraction of sp³-hybridized carbons (Fsp3) is 0.889. The molecule has 2 saturated heterocycles. The van der Waals surface area contributed by atoms with Gasteiger partial charge in [-0.25, -0.2) is 9.59 Å². The van der Waals surface area contributed by atoms with E-state index in [9.17, 15) is 9.59 Å². The van der Waals surface area contributed by atoms with Crippen LogP contribution in [0.25, 0.3) is 0 Å². The molecule has 2 fully saturated rings. The molecule has 2 aliphatic heterocycles. The Kier molecular flexibility index (Phi) is 7.40. The summed E-state index contributed by atoms with van der Waals surface area (Å²) in [5, 5.41) is 6.18. The van der Waals surface area contributed by atoms with Crippen molar-refractivity contribution in [2.75, 3.05) is 67.5 Å². The van der Waals surface area contributed by atoms with Gasteiger partial charge >= 0.3 is 11.9 Å². The summed E-state index contributed by atoms with van der Waals surface area (Å²) in [6.45, 7) is 4.40. The van der Waals surface area contributed by atoms with E-state index in [1.807, 2.05) is 28.2 Å². The van der Waals surface area contributed by atoms with Crippen LogP contribution in [0.1, 0.15) is 25.7 Å². The van der Waals surface area contributed by atoms with Crippen molar-refractivity contribution in [1.82, 2.24) is 20.4 Å². The maximum Gasteiger partial charge on any atom is 0.418 e. The molecule has 2 N–H and O–H groups in total. The van der Waals surface area contributed by atoms with E-state index < -0.39 is 23.1 Å². The van der Waals surface area contributed by atoms with Gasteiger partial charge in [-0.05, 0) is 28.2 Å². The maximum atomic E-state index is 12.5. The van der Waals surface area contributed by atoms with Gasteiger partial charge in [-0.3, -0.25) is 0 Å². The summed E-state index contributed by atoms with van der Waals surface area (Å²) in [4.78, 5) is 29.4. The molecule has 0 saturated carbocycles. The summed E-state index contributed by atoms with van der Waals surface area (Å²) in [7, 11) is 7.74. The lowest BCUT2D eigenvalue weighted by atomic mass is 9.91. The van der Waals surface area contributed by atoms with Crippen LogP contribution in [0, 0.1) is 0 Å². The molecule has 0 radical (unpaired) electrons. The van der Waals surface area contributed by atoms with Gasteiger partial charge in [-0.2, -0.15) is 0 Å². The summed E-state index contributed by atoms with van der Waals surface area (Å²) in [6.07, 6.45) is 2.82. The van der Waals surface area contributed by atoms with Gasteiger partial charge < -0.3 is 29.9 Å². The largest absolute Gasteiger partial charge is 0.449 e.